The van der Waals surface area contributed by atoms with Crippen LogP contribution < -0.4 is 14.9 Å². The number of hydrogen-bond acceptors (Lipinski definition) is 4. The number of carbonyl (C=O) groups is 1. The molecule has 1 aromatic heterocycles. The second kappa shape index (κ2) is 11.2. The zero-order valence-electron chi connectivity index (χ0n) is 18.2. The number of nitrogens with one attached hydrogen (secondary N) is 1. The lowest BCUT2D eigenvalue weighted by molar-refractivity contribution is 0.0955. The first-order valence-corrected chi connectivity index (χ1v) is 11.9. The lowest BCUT2D eigenvalue weighted by Crippen LogP contribution is -2.19. The van der Waals surface area contributed by atoms with Crippen molar-refractivity contribution in [3.8, 4) is 17.2 Å². The number of aromatic nitrogens is 1. The van der Waals surface area contributed by atoms with Crippen LogP contribution in [0.5, 0.6) is 11.5 Å². The standard InChI is InChI=1S/C26H21Br2N3O3/c1-33-24-14-19(22(28)15-25(24)34-17-18-8-10-20(27)11-9-18)16-29-30-26(32)21-6-2-3-7-23(21)31-12-4-5-13-31/h2-16H,17H2,1H3,(H,30,32)/b29-16-. The Labute approximate surface area is 214 Å². The van der Waals surface area contributed by atoms with E-state index in [0.29, 0.717) is 23.7 Å². The Morgan fingerprint density at radius 3 is 2.47 bits per heavy atom. The van der Waals surface area contributed by atoms with Gasteiger partial charge in [0.1, 0.15) is 6.61 Å². The van der Waals surface area contributed by atoms with Crippen LogP contribution in [0, 0.1) is 0 Å². The van der Waals surface area contributed by atoms with Gasteiger partial charge in [-0.05, 0) is 70.0 Å². The molecule has 1 N–H and O–H groups in total. The number of hydrazone groups is 1. The summed E-state index contributed by atoms with van der Waals surface area (Å²) in [4.78, 5) is 12.8. The molecule has 0 unspecified atom stereocenters. The molecule has 4 aromatic rings. The second-order valence-electron chi connectivity index (χ2n) is 7.25. The zero-order valence-corrected chi connectivity index (χ0v) is 21.4. The fourth-order valence-electron chi connectivity index (χ4n) is 3.27. The average Bonchev–Trinajstić information content (AvgIpc) is 3.39. The molecule has 1 amide bonds. The molecule has 8 heteroatoms. The Morgan fingerprint density at radius 2 is 1.74 bits per heavy atom. The van der Waals surface area contributed by atoms with Crippen LogP contribution in [-0.4, -0.2) is 23.8 Å². The summed E-state index contributed by atoms with van der Waals surface area (Å²) in [5, 5.41) is 4.14. The molecular formula is C26H21Br2N3O3. The Kier molecular flexibility index (Phi) is 7.82. The van der Waals surface area contributed by atoms with Crippen molar-refractivity contribution >= 4 is 44.0 Å². The topological polar surface area (TPSA) is 64.8 Å². The van der Waals surface area contributed by atoms with E-state index in [-0.39, 0.29) is 5.91 Å². The third kappa shape index (κ3) is 5.76. The van der Waals surface area contributed by atoms with Crippen LogP contribution in [0.4, 0.5) is 0 Å². The first-order valence-electron chi connectivity index (χ1n) is 10.4. The van der Waals surface area contributed by atoms with E-state index in [1.807, 2.05) is 77.6 Å². The Balaban J connectivity index is 1.46. The van der Waals surface area contributed by atoms with Gasteiger partial charge >= 0.3 is 0 Å². The van der Waals surface area contributed by atoms with Crippen molar-refractivity contribution in [2.75, 3.05) is 7.11 Å². The van der Waals surface area contributed by atoms with Crippen LogP contribution in [-0.2, 0) is 6.61 Å². The molecule has 1 heterocycles. The van der Waals surface area contributed by atoms with Gasteiger partial charge in [-0.3, -0.25) is 4.79 Å². The van der Waals surface area contributed by atoms with E-state index in [1.54, 1.807) is 25.5 Å². The number of benzene rings is 3. The molecule has 6 nitrogen and oxygen atoms in total. The summed E-state index contributed by atoms with van der Waals surface area (Å²) in [7, 11) is 1.58. The van der Waals surface area contributed by atoms with Gasteiger partial charge in [0.05, 0.1) is 24.6 Å². The molecule has 0 bridgehead atoms. The van der Waals surface area contributed by atoms with Gasteiger partial charge in [0, 0.05) is 26.9 Å². The van der Waals surface area contributed by atoms with Gasteiger partial charge in [0.2, 0.25) is 0 Å². The molecule has 0 saturated heterocycles. The van der Waals surface area contributed by atoms with Crippen LogP contribution in [0.15, 0.2) is 99.2 Å². The maximum atomic E-state index is 12.8. The molecule has 0 aliphatic heterocycles. The van der Waals surface area contributed by atoms with E-state index in [9.17, 15) is 4.79 Å². The first kappa shape index (κ1) is 23.8. The lowest BCUT2D eigenvalue weighted by Gasteiger charge is -2.13. The molecule has 4 rings (SSSR count). The predicted molar refractivity (Wildman–Crippen MR) is 140 cm³/mol. The predicted octanol–water partition coefficient (Wildman–Crippen LogP) is 6.35. The van der Waals surface area contributed by atoms with E-state index >= 15 is 0 Å². The highest BCUT2D eigenvalue weighted by Gasteiger charge is 2.12. The molecule has 3 aromatic carbocycles. The third-order valence-electron chi connectivity index (χ3n) is 4.99. The summed E-state index contributed by atoms with van der Waals surface area (Å²) in [6.07, 6.45) is 5.33. The van der Waals surface area contributed by atoms with Crippen molar-refractivity contribution in [2.24, 2.45) is 5.10 Å². The minimum atomic E-state index is -0.307. The lowest BCUT2D eigenvalue weighted by atomic mass is 10.1. The van der Waals surface area contributed by atoms with Gasteiger partial charge in [-0.1, -0.05) is 40.2 Å². The molecular weight excluding hydrogens is 562 g/mol. The average molecular weight is 583 g/mol. The van der Waals surface area contributed by atoms with Gasteiger partial charge in [0.25, 0.3) is 5.91 Å². The van der Waals surface area contributed by atoms with Crippen molar-refractivity contribution < 1.29 is 14.3 Å². The van der Waals surface area contributed by atoms with E-state index in [0.717, 1.165) is 25.8 Å². The highest BCUT2D eigenvalue weighted by molar-refractivity contribution is 9.10. The number of rotatable bonds is 8. The van der Waals surface area contributed by atoms with Crippen LogP contribution in [0.3, 0.4) is 0 Å². The van der Waals surface area contributed by atoms with Gasteiger partial charge in [-0.2, -0.15) is 5.10 Å². The van der Waals surface area contributed by atoms with Crippen LogP contribution in [0.1, 0.15) is 21.5 Å². The Morgan fingerprint density at radius 1 is 1.00 bits per heavy atom. The number of ether oxygens (including phenoxy) is 2. The second-order valence-corrected chi connectivity index (χ2v) is 9.02. The number of para-hydroxylation sites is 1. The van der Waals surface area contributed by atoms with Crippen LogP contribution in [0.25, 0.3) is 5.69 Å². The molecule has 0 aliphatic carbocycles. The molecule has 0 radical (unpaired) electrons. The first-order chi connectivity index (χ1) is 16.5. The van der Waals surface area contributed by atoms with E-state index in [2.05, 4.69) is 42.4 Å². The van der Waals surface area contributed by atoms with Crippen molar-refractivity contribution in [2.45, 2.75) is 6.61 Å². The van der Waals surface area contributed by atoms with Gasteiger partial charge in [-0.15, -0.1) is 0 Å². The van der Waals surface area contributed by atoms with E-state index in [1.165, 1.54) is 0 Å². The van der Waals surface area contributed by atoms with Crippen LogP contribution >= 0.6 is 31.9 Å². The molecule has 34 heavy (non-hydrogen) atoms. The number of halogens is 2. The summed E-state index contributed by atoms with van der Waals surface area (Å²) < 4.78 is 15.1. The maximum absolute atomic E-state index is 12.8. The number of carbonyl (C=O) groups excluding carboxylic acids is 1. The minimum absolute atomic E-state index is 0.307. The molecule has 0 saturated carbocycles. The summed E-state index contributed by atoms with van der Waals surface area (Å²) in [5.41, 5.74) is 5.66. The van der Waals surface area contributed by atoms with E-state index in [4.69, 9.17) is 9.47 Å². The molecule has 0 fully saturated rings. The number of amides is 1. The SMILES string of the molecule is COc1cc(/C=N\NC(=O)c2ccccc2-n2cccc2)c(Br)cc1OCc1ccc(Br)cc1. The molecule has 0 aliphatic rings. The monoisotopic (exact) mass is 581 g/mol. The Bertz CT molecular complexity index is 1300. The molecule has 0 spiro atoms. The van der Waals surface area contributed by atoms with Crippen molar-refractivity contribution in [1.82, 2.24) is 9.99 Å². The smallest absolute Gasteiger partial charge is 0.273 e. The summed E-state index contributed by atoms with van der Waals surface area (Å²) in [5.74, 6) is 0.850. The fourth-order valence-corrected chi connectivity index (χ4v) is 3.96. The van der Waals surface area contributed by atoms with Crippen molar-refractivity contribution in [3.05, 3.63) is 111 Å². The van der Waals surface area contributed by atoms with Crippen LogP contribution in [0.2, 0.25) is 0 Å². The third-order valence-corrected chi connectivity index (χ3v) is 6.21. The summed E-state index contributed by atoms with van der Waals surface area (Å²) in [6, 6.07) is 22.7. The number of hydrogen-bond donors (Lipinski definition) is 1. The maximum Gasteiger partial charge on any atom is 0.273 e. The quantitative estimate of drug-likeness (QED) is 0.194. The minimum Gasteiger partial charge on any atom is -0.493 e. The number of methoxy groups -OCH3 is 1. The van der Waals surface area contributed by atoms with Gasteiger partial charge in [0.15, 0.2) is 11.5 Å². The molecule has 172 valence electrons. The summed E-state index contributed by atoms with van der Waals surface area (Å²) in [6.45, 7) is 0.403. The zero-order chi connectivity index (χ0) is 23.9. The van der Waals surface area contributed by atoms with Gasteiger partial charge in [-0.25, -0.2) is 5.43 Å². The largest absolute Gasteiger partial charge is 0.493 e. The summed E-state index contributed by atoms with van der Waals surface area (Å²) >= 11 is 6.98. The highest BCUT2D eigenvalue weighted by Crippen LogP contribution is 2.33. The van der Waals surface area contributed by atoms with Crippen molar-refractivity contribution in [1.29, 1.82) is 0 Å². The van der Waals surface area contributed by atoms with Gasteiger partial charge < -0.3 is 14.0 Å². The number of nitrogens with zero attached hydrogens (tertiary/aromatic N) is 2. The highest BCUT2D eigenvalue weighted by atomic mass is 79.9. The Hall–Kier alpha value is -3.36. The van der Waals surface area contributed by atoms with Crippen molar-refractivity contribution in [3.63, 3.8) is 0 Å². The normalized spacial score (nSPS) is 10.9. The van der Waals surface area contributed by atoms with E-state index < -0.39 is 0 Å². The fraction of sp³-hybridized carbons (Fsp3) is 0.0769. The molecule has 0 atom stereocenters.